The maximum absolute atomic E-state index is 12.3. The van der Waals surface area contributed by atoms with Gasteiger partial charge in [0.15, 0.2) is 5.76 Å². The van der Waals surface area contributed by atoms with E-state index in [1.807, 2.05) is 24.8 Å². The molecule has 2 aromatic rings. The monoisotopic (exact) mass is 328 g/mol. The van der Waals surface area contributed by atoms with Crippen molar-refractivity contribution in [1.82, 2.24) is 9.88 Å². The molecule has 2 aromatic heterocycles. The zero-order valence-corrected chi connectivity index (χ0v) is 13.8. The quantitative estimate of drug-likeness (QED) is 0.918. The normalized spacial score (nSPS) is 14.8. The van der Waals surface area contributed by atoms with Gasteiger partial charge in [-0.15, -0.1) is 0 Å². The Balaban J connectivity index is 1.78. The molecule has 3 rings (SSSR count). The molecule has 0 radical (unpaired) electrons. The molecule has 0 spiro atoms. The van der Waals surface area contributed by atoms with Crippen LogP contribution in [0.5, 0.6) is 0 Å². The number of amides is 2. The number of carbonyl (C=O) groups is 2. The van der Waals surface area contributed by atoms with Gasteiger partial charge < -0.3 is 20.0 Å². The molecule has 7 heteroatoms. The van der Waals surface area contributed by atoms with Gasteiger partial charge in [0.1, 0.15) is 5.82 Å². The Hall–Kier alpha value is -2.83. The highest BCUT2D eigenvalue weighted by molar-refractivity contribution is 5.99. The highest BCUT2D eigenvalue weighted by Gasteiger charge is 2.27. The second-order valence-corrected chi connectivity index (χ2v) is 5.90. The number of nitrogens with two attached hydrogens (primary N) is 1. The molecule has 0 bridgehead atoms. The van der Waals surface area contributed by atoms with E-state index in [9.17, 15) is 9.59 Å². The number of anilines is 1. The highest BCUT2D eigenvalue weighted by atomic mass is 16.3. The van der Waals surface area contributed by atoms with Crippen LogP contribution in [0.2, 0.25) is 0 Å². The van der Waals surface area contributed by atoms with Crippen LogP contribution in [0.4, 0.5) is 5.82 Å². The Labute approximate surface area is 140 Å². The van der Waals surface area contributed by atoms with Gasteiger partial charge in [0, 0.05) is 31.9 Å². The number of aryl methyl sites for hydroxylation is 2. The van der Waals surface area contributed by atoms with Gasteiger partial charge in [-0.3, -0.25) is 9.59 Å². The molecule has 0 saturated carbocycles. The number of aromatic nitrogens is 1. The molecule has 2 amide bonds. The van der Waals surface area contributed by atoms with Gasteiger partial charge in [0.25, 0.3) is 11.8 Å². The Morgan fingerprint density at radius 1 is 1.21 bits per heavy atom. The van der Waals surface area contributed by atoms with E-state index in [-0.39, 0.29) is 5.91 Å². The van der Waals surface area contributed by atoms with Crippen LogP contribution in [0.1, 0.15) is 32.2 Å². The van der Waals surface area contributed by atoms with E-state index in [1.54, 1.807) is 17.0 Å². The second-order valence-electron chi connectivity index (χ2n) is 5.90. The zero-order valence-electron chi connectivity index (χ0n) is 13.8. The average molecular weight is 328 g/mol. The molecule has 1 aliphatic heterocycles. The van der Waals surface area contributed by atoms with Gasteiger partial charge in [0.05, 0.1) is 11.8 Å². The number of pyridine rings is 1. The first-order valence-electron chi connectivity index (χ1n) is 7.83. The van der Waals surface area contributed by atoms with Crippen molar-refractivity contribution in [3.8, 4) is 0 Å². The number of rotatable bonds is 3. The van der Waals surface area contributed by atoms with Crippen LogP contribution in [0.25, 0.3) is 0 Å². The highest BCUT2D eigenvalue weighted by Crippen LogP contribution is 2.23. The fourth-order valence-electron chi connectivity index (χ4n) is 3.03. The van der Waals surface area contributed by atoms with E-state index in [0.717, 1.165) is 11.3 Å². The summed E-state index contributed by atoms with van der Waals surface area (Å²) in [5.74, 6) is 0.336. The van der Waals surface area contributed by atoms with Crippen molar-refractivity contribution in [2.24, 2.45) is 5.73 Å². The molecule has 1 fully saturated rings. The summed E-state index contributed by atoms with van der Waals surface area (Å²) in [6.45, 7) is 5.98. The summed E-state index contributed by atoms with van der Waals surface area (Å²) >= 11 is 0. The first-order chi connectivity index (χ1) is 11.5. The van der Waals surface area contributed by atoms with E-state index < -0.39 is 5.91 Å². The lowest BCUT2D eigenvalue weighted by Crippen LogP contribution is -2.49. The Bertz CT molecular complexity index is 762. The van der Waals surface area contributed by atoms with Crippen molar-refractivity contribution in [2.45, 2.75) is 13.8 Å². The standard InChI is InChI=1S/C17H20N4O3/c1-11-10-12(2)19-16(14(11)15(18)22)20-5-7-21(8-6-20)17(23)13-4-3-9-24-13/h3-4,9-10H,5-8H2,1-2H3,(H2,18,22). The largest absolute Gasteiger partial charge is 0.459 e. The van der Waals surface area contributed by atoms with E-state index in [4.69, 9.17) is 10.2 Å². The third kappa shape index (κ3) is 2.97. The van der Waals surface area contributed by atoms with Crippen molar-refractivity contribution < 1.29 is 14.0 Å². The van der Waals surface area contributed by atoms with E-state index >= 15 is 0 Å². The molecule has 24 heavy (non-hydrogen) atoms. The first-order valence-corrected chi connectivity index (χ1v) is 7.83. The minimum absolute atomic E-state index is 0.122. The molecule has 2 N–H and O–H groups in total. The minimum Gasteiger partial charge on any atom is -0.459 e. The smallest absolute Gasteiger partial charge is 0.289 e. The van der Waals surface area contributed by atoms with Gasteiger partial charge in [-0.2, -0.15) is 0 Å². The number of primary amides is 1. The van der Waals surface area contributed by atoms with Crippen LogP contribution >= 0.6 is 0 Å². The maximum atomic E-state index is 12.3. The molecular formula is C17H20N4O3. The van der Waals surface area contributed by atoms with Gasteiger partial charge in [-0.05, 0) is 37.6 Å². The van der Waals surface area contributed by atoms with E-state index in [0.29, 0.717) is 43.3 Å². The summed E-state index contributed by atoms with van der Waals surface area (Å²) in [7, 11) is 0. The van der Waals surface area contributed by atoms with Crippen molar-refractivity contribution in [3.63, 3.8) is 0 Å². The zero-order chi connectivity index (χ0) is 17.3. The lowest BCUT2D eigenvalue weighted by Gasteiger charge is -2.36. The summed E-state index contributed by atoms with van der Waals surface area (Å²) in [5, 5.41) is 0. The number of hydrogen-bond donors (Lipinski definition) is 1. The van der Waals surface area contributed by atoms with Crippen molar-refractivity contribution in [1.29, 1.82) is 0 Å². The fraction of sp³-hybridized carbons (Fsp3) is 0.353. The predicted octanol–water partition coefficient (Wildman–Crippen LogP) is 1.35. The fourth-order valence-corrected chi connectivity index (χ4v) is 3.03. The molecule has 1 saturated heterocycles. The second kappa shape index (κ2) is 6.35. The summed E-state index contributed by atoms with van der Waals surface area (Å²) in [4.78, 5) is 32.4. The molecule has 0 atom stereocenters. The average Bonchev–Trinajstić information content (AvgIpc) is 3.07. The van der Waals surface area contributed by atoms with Crippen molar-refractivity contribution in [2.75, 3.05) is 31.1 Å². The molecule has 7 nitrogen and oxygen atoms in total. The van der Waals surface area contributed by atoms with Crippen LogP contribution in [-0.4, -0.2) is 47.9 Å². The summed E-state index contributed by atoms with van der Waals surface area (Å²) in [5.41, 5.74) is 7.63. The molecule has 1 aliphatic rings. The van der Waals surface area contributed by atoms with E-state index in [2.05, 4.69) is 4.98 Å². The Kier molecular flexibility index (Phi) is 4.24. The van der Waals surface area contributed by atoms with E-state index in [1.165, 1.54) is 6.26 Å². The molecule has 3 heterocycles. The van der Waals surface area contributed by atoms with Crippen LogP contribution in [0.3, 0.4) is 0 Å². The lowest BCUT2D eigenvalue weighted by atomic mass is 10.1. The summed E-state index contributed by atoms with van der Waals surface area (Å²) in [6, 6.07) is 5.20. The van der Waals surface area contributed by atoms with Gasteiger partial charge >= 0.3 is 0 Å². The third-order valence-corrected chi connectivity index (χ3v) is 4.17. The maximum Gasteiger partial charge on any atom is 0.289 e. The molecule has 0 unspecified atom stereocenters. The molecule has 0 aliphatic carbocycles. The molecular weight excluding hydrogens is 308 g/mol. The van der Waals surface area contributed by atoms with Gasteiger partial charge in [-0.25, -0.2) is 4.98 Å². The Morgan fingerprint density at radius 2 is 1.92 bits per heavy atom. The van der Waals surface area contributed by atoms with Crippen molar-refractivity contribution >= 4 is 17.6 Å². The van der Waals surface area contributed by atoms with Crippen LogP contribution in [0.15, 0.2) is 28.9 Å². The van der Waals surface area contributed by atoms with Crippen molar-refractivity contribution in [3.05, 3.63) is 47.0 Å². The van der Waals surface area contributed by atoms with Crippen LogP contribution < -0.4 is 10.6 Å². The number of hydrogen-bond acceptors (Lipinski definition) is 5. The number of furan rings is 1. The number of nitrogens with zero attached hydrogens (tertiary/aromatic N) is 3. The predicted molar refractivity (Wildman–Crippen MR) is 89.1 cm³/mol. The Morgan fingerprint density at radius 3 is 2.50 bits per heavy atom. The van der Waals surface area contributed by atoms with Crippen LogP contribution in [-0.2, 0) is 0 Å². The minimum atomic E-state index is -0.482. The third-order valence-electron chi connectivity index (χ3n) is 4.17. The number of piperazine rings is 1. The lowest BCUT2D eigenvalue weighted by molar-refractivity contribution is 0.0714. The molecule has 0 aromatic carbocycles. The summed E-state index contributed by atoms with van der Waals surface area (Å²) < 4.78 is 5.16. The van der Waals surface area contributed by atoms with Gasteiger partial charge in [0.2, 0.25) is 0 Å². The summed E-state index contributed by atoms with van der Waals surface area (Å²) in [6.07, 6.45) is 1.49. The SMILES string of the molecule is Cc1cc(C)c(C(N)=O)c(N2CCN(C(=O)c3ccco3)CC2)n1. The van der Waals surface area contributed by atoms with Gasteiger partial charge in [-0.1, -0.05) is 0 Å². The number of carbonyl (C=O) groups excluding carboxylic acids is 2. The molecule has 126 valence electrons. The van der Waals surface area contributed by atoms with Crippen LogP contribution in [0, 0.1) is 13.8 Å². The first kappa shape index (κ1) is 16.0. The topological polar surface area (TPSA) is 92.7 Å².